The van der Waals surface area contributed by atoms with Gasteiger partial charge in [-0.2, -0.15) is 5.10 Å². The second-order valence-electron chi connectivity index (χ2n) is 5.41. The van der Waals surface area contributed by atoms with Crippen molar-refractivity contribution in [2.75, 3.05) is 6.54 Å². The largest absolute Gasteiger partial charge is 0.467 e. The summed E-state index contributed by atoms with van der Waals surface area (Å²) in [6.45, 7) is 2.73. The third-order valence-electron chi connectivity index (χ3n) is 3.60. The monoisotopic (exact) mass is 324 g/mol. The number of amides is 1. The number of aromatic nitrogens is 2. The summed E-state index contributed by atoms with van der Waals surface area (Å²) in [4.78, 5) is 12.2. The minimum atomic E-state index is -0.107. The first-order valence-electron chi connectivity index (χ1n) is 7.89. The van der Waals surface area contributed by atoms with E-state index < -0.39 is 0 Å². The number of carbonyl (C=O) groups is 1. The molecule has 6 nitrogen and oxygen atoms in total. The summed E-state index contributed by atoms with van der Waals surface area (Å²) in [6, 6.07) is 13.2. The minimum Gasteiger partial charge on any atom is -0.467 e. The SMILES string of the molecule is O=C(NCc1ccco1)c1cccc(CNCCn2cccn2)c1. The van der Waals surface area contributed by atoms with Crippen LogP contribution in [-0.2, 0) is 19.6 Å². The van der Waals surface area contributed by atoms with E-state index in [-0.39, 0.29) is 5.91 Å². The van der Waals surface area contributed by atoms with Gasteiger partial charge in [0.2, 0.25) is 0 Å². The van der Waals surface area contributed by atoms with Crippen molar-refractivity contribution in [2.45, 2.75) is 19.6 Å². The molecule has 3 rings (SSSR count). The lowest BCUT2D eigenvalue weighted by molar-refractivity contribution is 0.0948. The smallest absolute Gasteiger partial charge is 0.251 e. The topological polar surface area (TPSA) is 72.1 Å². The molecule has 2 aromatic heterocycles. The van der Waals surface area contributed by atoms with Crippen molar-refractivity contribution in [1.82, 2.24) is 20.4 Å². The van der Waals surface area contributed by atoms with E-state index in [1.165, 1.54) is 0 Å². The summed E-state index contributed by atoms with van der Waals surface area (Å²) >= 11 is 0. The summed E-state index contributed by atoms with van der Waals surface area (Å²) in [6.07, 6.45) is 5.30. The van der Waals surface area contributed by atoms with Gasteiger partial charge >= 0.3 is 0 Å². The van der Waals surface area contributed by atoms with Gasteiger partial charge in [0.15, 0.2) is 0 Å². The summed E-state index contributed by atoms with van der Waals surface area (Å²) < 4.78 is 7.09. The Balaban J connectivity index is 1.47. The van der Waals surface area contributed by atoms with E-state index in [4.69, 9.17) is 4.42 Å². The van der Waals surface area contributed by atoms with Gasteiger partial charge in [-0.05, 0) is 35.9 Å². The quantitative estimate of drug-likeness (QED) is 0.623. The predicted octanol–water partition coefficient (Wildman–Crippen LogP) is 2.20. The zero-order valence-corrected chi connectivity index (χ0v) is 13.3. The van der Waals surface area contributed by atoms with Crippen molar-refractivity contribution in [3.8, 4) is 0 Å². The molecule has 1 amide bonds. The van der Waals surface area contributed by atoms with Crippen LogP contribution in [0, 0.1) is 0 Å². The van der Waals surface area contributed by atoms with Gasteiger partial charge in [-0.15, -0.1) is 0 Å². The average Bonchev–Trinajstić information content (AvgIpc) is 3.30. The predicted molar refractivity (Wildman–Crippen MR) is 90.3 cm³/mol. The van der Waals surface area contributed by atoms with Crippen molar-refractivity contribution in [3.05, 3.63) is 78.0 Å². The molecule has 0 aliphatic carbocycles. The highest BCUT2D eigenvalue weighted by Crippen LogP contribution is 2.06. The van der Waals surface area contributed by atoms with Crippen LogP contribution in [0.25, 0.3) is 0 Å². The Bertz CT molecular complexity index is 751. The number of rotatable bonds is 8. The summed E-state index contributed by atoms with van der Waals surface area (Å²) in [5.74, 6) is 0.629. The van der Waals surface area contributed by atoms with E-state index in [9.17, 15) is 4.79 Å². The minimum absolute atomic E-state index is 0.107. The third kappa shape index (κ3) is 4.57. The van der Waals surface area contributed by atoms with Crippen LogP contribution in [0.2, 0.25) is 0 Å². The molecule has 0 radical (unpaired) electrons. The molecule has 0 unspecified atom stereocenters. The van der Waals surface area contributed by atoms with Crippen LogP contribution < -0.4 is 10.6 Å². The molecule has 0 atom stereocenters. The van der Waals surface area contributed by atoms with Crippen LogP contribution in [0.5, 0.6) is 0 Å². The van der Waals surface area contributed by atoms with Crippen LogP contribution in [0.1, 0.15) is 21.7 Å². The number of nitrogens with zero attached hydrogens (tertiary/aromatic N) is 2. The highest BCUT2D eigenvalue weighted by Gasteiger charge is 2.07. The number of nitrogens with one attached hydrogen (secondary N) is 2. The van der Waals surface area contributed by atoms with Gasteiger partial charge in [0.1, 0.15) is 5.76 Å². The molecule has 3 aromatic rings. The Kier molecular flexibility index (Phi) is 5.42. The van der Waals surface area contributed by atoms with Gasteiger partial charge in [-0.25, -0.2) is 0 Å². The number of benzene rings is 1. The highest BCUT2D eigenvalue weighted by molar-refractivity contribution is 5.94. The Labute approximate surface area is 140 Å². The van der Waals surface area contributed by atoms with Crippen LogP contribution in [0.15, 0.2) is 65.5 Å². The Morgan fingerprint density at radius 1 is 1.17 bits per heavy atom. The maximum absolute atomic E-state index is 12.2. The normalized spacial score (nSPS) is 10.7. The Hall–Kier alpha value is -2.86. The van der Waals surface area contributed by atoms with Crippen molar-refractivity contribution in [2.24, 2.45) is 0 Å². The van der Waals surface area contributed by atoms with Crippen molar-refractivity contribution < 1.29 is 9.21 Å². The number of carbonyl (C=O) groups excluding carboxylic acids is 1. The Morgan fingerprint density at radius 3 is 2.92 bits per heavy atom. The molecule has 0 spiro atoms. The Morgan fingerprint density at radius 2 is 2.12 bits per heavy atom. The van der Waals surface area contributed by atoms with Gasteiger partial charge in [-0.3, -0.25) is 9.48 Å². The summed E-state index contributed by atoms with van der Waals surface area (Å²) in [7, 11) is 0. The lowest BCUT2D eigenvalue weighted by atomic mass is 10.1. The second-order valence-corrected chi connectivity index (χ2v) is 5.41. The molecule has 0 aliphatic heterocycles. The van der Waals surface area contributed by atoms with Gasteiger partial charge in [0, 0.05) is 31.0 Å². The fraction of sp³-hybridized carbons (Fsp3) is 0.222. The van der Waals surface area contributed by atoms with Crippen LogP contribution in [-0.4, -0.2) is 22.2 Å². The molecular weight excluding hydrogens is 304 g/mol. The lowest BCUT2D eigenvalue weighted by Gasteiger charge is -2.08. The van der Waals surface area contributed by atoms with Gasteiger partial charge in [0.05, 0.1) is 19.4 Å². The van der Waals surface area contributed by atoms with Crippen LogP contribution in [0.4, 0.5) is 0 Å². The highest BCUT2D eigenvalue weighted by atomic mass is 16.3. The molecule has 0 bridgehead atoms. The molecule has 124 valence electrons. The maximum atomic E-state index is 12.2. The number of hydrogen-bond donors (Lipinski definition) is 2. The van der Waals surface area contributed by atoms with E-state index >= 15 is 0 Å². The van der Waals surface area contributed by atoms with Crippen LogP contribution in [0.3, 0.4) is 0 Å². The van der Waals surface area contributed by atoms with E-state index in [0.29, 0.717) is 18.7 Å². The molecular formula is C18H20N4O2. The van der Waals surface area contributed by atoms with E-state index in [1.54, 1.807) is 18.5 Å². The van der Waals surface area contributed by atoms with Crippen molar-refractivity contribution in [1.29, 1.82) is 0 Å². The first-order valence-corrected chi connectivity index (χ1v) is 7.89. The fourth-order valence-corrected chi connectivity index (χ4v) is 2.36. The molecule has 2 N–H and O–H groups in total. The number of furan rings is 1. The molecule has 6 heteroatoms. The van der Waals surface area contributed by atoms with Gasteiger partial charge in [0.25, 0.3) is 5.91 Å². The average molecular weight is 324 g/mol. The van der Waals surface area contributed by atoms with Crippen molar-refractivity contribution >= 4 is 5.91 Å². The van der Waals surface area contributed by atoms with E-state index in [0.717, 1.165) is 24.4 Å². The molecule has 0 aliphatic rings. The van der Waals surface area contributed by atoms with E-state index in [2.05, 4.69) is 15.7 Å². The molecule has 24 heavy (non-hydrogen) atoms. The molecule has 1 aromatic carbocycles. The van der Waals surface area contributed by atoms with Crippen molar-refractivity contribution in [3.63, 3.8) is 0 Å². The van der Waals surface area contributed by atoms with E-state index in [1.807, 2.05) is 47.3 Å². The maximum Gasteiger partial charge on any atom is 0.251 e. The second kappa shape index (κ2) is 8.12. The summed E-state index contributed by atoms with van der Waals surface area (Å²) in [5.41, 5.74) is 1.72. The third-order valence-corrected chi connectivity index (χ3v) is 3.60. The fourth-order valence-electron chi connectivity index (χ4n) is 2.36. The van der Waals surface area contributed by atoms with Gasteiger partial charge < -0.3 is 15.1 Å². The standard InChI is InChI=1S/C18H20N4O2/c23-18(20-14-17-6-2-11-24-17)16-5-1-4-15(12-16)13-19-8-10-22-9-3-7-21-22/h1-7,9,11-12,19H,8,10,13-14H2,(H,20,23). The van der Waals surface area contributed by atoms with Crippen LogP contribution >= 0.6 is 0 Å². The zero-order valence-electron chi connectivity index (χ0n) is 13.3. The lowest BCUT2D eigenvalue weighted by Crippen LogP contribution is -2.23. The molecule has 0 saturated carbocycles. The molecule has 2 heterocycles. The number of hydrogen-bond acceptors (Lipinski definition) is 4. The molecule has 0 fully saturated rings. The van der Waals surface area contributed by atoms with Gasteiger partial charge in [-0.1, -0.05) is 12.1 Å². The molecule has 0 saturated heterocycles. The first-order chi connectivity index (χ1) is 11.8. The first kappa shape index (κ1) is 16.0. The zero-order chi connectivity index (χ0) is 16.6. The summed E-state index contributed by atoms with van der Waals surface area (Å²) in [5, 5.41) is 10.4.